The summed E-state index contributed by atoms with van der Waals surface area (Å²) in [6.45, 7) is -2.63. The fourth-order valence-electron chi connectivity index (χ4n) is 0.928. The Morgan fingerprint density at radius 1 is 1.60 bits per heavy atom. The van der Waals surface area contributed by atoms with Gasteiger partial charge in [-0.3, -0.25) is 4.79 Å². The third-order valence-corrected chi connectivity index (χ3v) is 2.49. The van der Waals surface area contributed by atoms with Crippen molar-refractivity contribution in [1.82, 2.24) is 5.32 Å². The number of nitrogens with one attached hydrogen (secondary N) is 1. The first-order valence-corrected chi connectivity index (χ1v) is 5.25. The zero-order chi connectivity index (χ0) is 11.1. The molecule has 1 rings (SSSR count). The molecule has 0 radical (unpaired) electrons. The summed E-state index contributed by atoms with van der Waals surface area (Å²) >= 11 is 1.53. The lowest BCUT2D eigenvalue weighted by Crippen LogP contribution is -2.23. The Balaban J connectivity index is 2.09. The molecule has 0 aliphatic heterocycles. The van der Waals surface area contributed by atoms with E-state index in [1.165, 1.54) is 11.3 Å². The third-order valence-electron chi connectivity index (χ3n) is 1.61. The molecule has 1 aromatic heterocycles. The van der Waals surface area contributed by atoms with Crippen LogP contribution in [0.5, 0.6) is 0 Å². The lowest BCUT2D eigenvalue weighted by atomic mass is 10.4. The Morgan fingerprint density at radius 2 is 2.40 bits per heavy atom. The van der Waals surface area contributed by atoms with Crippen LogP contribution in [0.15, 0.2) is 17.5 Å². The fraction of sp³-hybridized carbons (Fsp3) is 0.444. The smallest absolute Gasteiger partial charge is 0.345 e. The van der Waals surface area contributed by atoms with Gasteiger partial charge >= 0.3 is 6.61 Å². The van der Waals surface area contributed by atoms with E-state index in [9.17, 15) is 13.6 Å². The second-order valence-electron chi connectivity index (χ2n) is 2.74. The molecule has 0 spiro atoms. The zero-order valence-electron chi connectivity index (χ0n) is 7.91. The Hall–Kier alpha value is -1.01. The first kappa shape index (κ1) is 12.1. The number of carbonyl (C=O) groups is 1. The largest absolute Gasteiger partial charge is 0.351 e. The van der Waals surface area contributed by atoms with Crippen LogP contribution in [0.2, 0.25) is 0 Å². The highest BCUT2D eigenvalue weighted by Gasteiger charge is 2.05. The van der Waals surface area contributed by atoms with Crippen molar-refractivity contribution in [3.8, 4) is 0 Å². The Kier molecular flexibility index (Phi) is 5.20. The molecule has 6 heteroatoms. The second-order valence-corrected chi connectivity index (χ2v) is 3.77. The van der Waals surface area contributed by atoms with E-state index in [0.29, 0.717) is 6.54 Å². The number of alkyl halides is 2. The number of carbonyl (C=O) groups excluding carboxylic acids is 1. The summed E-state index contributed by atoms with van der Waals surface area (Å²) in [6.07, 6.45) is -0.0459. The molecular weight excluding hydrogens is 224 g/mol. The highest BCUT2D eigenvalue weighted by atomic mass is 32.1. The molecule has 0 fully saturated rings. The van der Waals surface area contributed by atoms with Crippen molar-refractivity contribution in [1.29, 1.82) is 0 Å². The summed E-state index contributed by atoms with van der Waals surface area (Å²) in [7, 11) is 0. The average molecular weight is 235 g/mol. The van der Waals surface area contributed by atoms with Gasteiger partial charge in [0.2, 0.25) is 5.91 Å². The molecule has 1 heterocycles. The number of halogens is 2. The van der Waals surface area contributed by atoms with Crippen LogP contribution in [0.3, 0.4) is 0 Å². The van der Waals surface area contributed by atoms with E-state index in [-0.39, 0.29) is 18.9 Å². The Bertz CT molecular complexity index is 290. The molecule has 15 heavy (non-hydrogen) atoms. The molecule has 1 amide bonds. The number of ether oxygens (including phenoxy) is 1. The van der Waals surface area contributed by atoms with Gasteiger partial charge in [-0.2, -0.15) is 8.78 Å². The molecule has 0 saturated carbocycles. The lowest BCUT2D eigenvalue weighted by Gasteiger charge is -2.04. The second kappa shape index (κ2) is 6.47. The van der Waals surface area contributed by atoms with E-state index in [1.807, 2.05) is 17.5 Å². The van der Waals surface area contributed by atoms with Crippen LogP contribution in [0.1, 0.15) is 11.3 Å². The molecule has 1 N–H and O–H groups in total. The highest BCUT2D eigenvalue weighted by molar-refractivity contribution is 7.09. The number of hydrogen-bond acceptors (Lipinski definition) is 3. The summed E-state index contributed by atoms with van der Waals surface area (Å²) < 4.78 is 27.0. The molecule has 84 valence electrons. The summed E-state index contributed by atoms with van der Waals surface area (Å²) in [4.78, 5) is 12.1. The molecule has 0 aromatic carbocycles. The van der Waals surface area contributed by atoms with Crippen LogP contribution in [0.25, 0.3) is 0 Å². The van der Waals surface area contributed by atoms with Crippen LogP contribution >= 0.6 is 11.3 Å². The number of hydrogen-bond donors (Lipinski definition) is 1. The predicted molar refractivity (Wildman–Crippen MR) is 52.7 cm³/mol. The van der Waals surface area contributed by atoms with Crippen LogP contribution in [0, 0.1) is 0 Å². The third kappa shape index (κ3) is 5.44. The average Bonchev–Trinajstić information content (AvgIpc) is 2.66. The Morgan fingerprint density at radius 3 is 3.00 bits per heavy atom. The lowest BCUT2D eigenvalue weighted by molar-refractivity contribution is -0.138. The highest BCUT2D eigenvalue weighted by Crippen LogP contribution is 2.07. The van der Waals surface area contributed by atoms with Crippen molar-refractivity contribution >= 4 is 17.2 Å². The maximum absolute atomic E-state index is 11.5. The van der Waals surface area contributed by atoms with Crippen molar-refractivity contribution in [3.05, 3.63) is 22.4 Å². The van der Waals surface area contributed by atoms with Gasteiger partial charge < -0.3 is 10.1 Å². The van der Waals surface area contributed by atoms with Gasteiger partial charge in [-0.05, 0) is 11.4 Å². The minimum atomic E-state index is -2.81. The first-order chi connectivity index (χ1) is 7.18. The van der Waals surface area contributed by atoms with Gasteiger partial charge in [0.15, 0.2) is 0 Å². The van der Waals surface area contributed by atoms with Gasteiger partial charge in [0, 0.05) is 4.88 Å². The number of amides is 1. The quantitative estimate of drug-likeness (QED) is 0.819. The van der Waals surface area contributed by atoms with Gasteiger partial charge in [-0.1, -0.05) is 6.07 Å². The van der Waals surface area contributed by atoms with Crippen LogP contribution in [-0.2, 0) is 16.1 Å². The summed E-state index contributed by atoms with van der Waals surface area (Å²) in [5.41, 5.74) is 0. The van der Waals surface area contributed by atoms with Gasteiger partial charge in [0.1, 0.15) is 0 Å². The first-order valence-electron chi connectivity index (χ1n) is 4.37. The van der Waals surface area contributed by atoms with Crippen molar-refractivity contribution < 1.29 is 18.3 Å². The summed E-state index contributed by atoms with van der Waals surface area (Å²) in [6, 6.07) is 3.77. The van der Waals surface area contributed by atoms with E-state index < -0.39 is 6.61 Å². The van der Waals surface area contributed by atoms with E-state index in [4.69, 9.17) is 0 Å². The fourth-order valence-corrected chi connectivity index (χ4v) is 1.57. The molecular formula is C9H11F2NO2S. The van der Waals surface area contributed by atoms with Crippen molar-refractivity contribution in [3.63, 3.8) is 0 Å². The van der Waals surface area contributed by atoms with E-state index in [1.54, 1.807) is 0 Å². The maximum Gasteiger partial charge on any atom is 0.345 e. The molecule has 0 saturated heterocycles. The predicted octanol–water partition coefficient (Wildman–Crippen LogP) is 1.99. The molecule has 0 atom stereocenters. The number of rotatable bonds is 6. The molecule has 0 aliphatic rings. The topological polar surface area (TPSA) is 38.3 Å². The normalized spacial score (nSPS) is 10.6. The van der Waals surface area contributed by atoms with Crippen molar-refractivity contribution in [2.45, 2.75) is 19.6 Å². The summed E-state index contributed by atoms with van der Waals surface area (Å²) in [5.74, 6) is -0.288. The monoisotopic (exact) mass is 235 g/mol. The van der Waals surface area contributed by atoms with E-state index in [0.717, 1.165) is 4.88 Å². The molecule has 0 unspecified atom stereocenters. The van der Waals surface area contributed by atoms with E-state index in [2.05, 4.69) is 10.1 Å². The standard InChI is InChI=1S/C9H11F2NO2S/c10-9(11)14-4-3-8(13)12-6-7-2-1-5-15-7/h1-2,5,9H,3-4,6H2,(H,12,13). The number of thiophene rings is 1. The molecule has 0 aliphatic carbocycles. The van der Waals surface area contributed by atoms with Crippen LogP contribution in [-0.4, -0.2) is 19.1 Å². The summed E-state index contributed by atoms with van der Waals surface area (Å²) in [5, 5.41) is 4.51. The Labute approximate surface area is 90.1 Å². The SMILES string of the molecule is O=C(CCOC(F)F)NCc1cccs1. The van der Waals surface area contributed by atoms with Crippen molar-refractivity contribution in [2.75, 3.05) is 6.61 Å². The van der Waals surface area contributed by atoms with Gasteiger partial charge in [0.25, 0.3) is 0 Å². The van der Waals surface area contributed by atoms with Crippen molar-refractivity contribution in [2.24, 2.45) is 0 Å². The minimum absolute atomic E-state index is 0.0459. The van der Waals surface area contributed by atoms with E-state index >= 15 is 0 Å². The zero-order valence-corrected chi connectivity index (χ0v) is 8.73. The van der Waals surface area contributed by atoms with Gasteiger partial charge in [0.05, 0.1) is 19.6 Å². The van der Waals surface area contributed by atoms with Crippen LogP contribution < -0.4 is 5.32 Å². The minimum Gasteiger partial charge on any atom is -0.351 e. The molecule has 3 nitrogen and oxygen atoms in total. The van der Waals surface area contributed by atoms with Crippen LogP contribution in [0.4, 0.5) is 8.78 Å². The molecule has 1 aromatic rings. The van der Waals surface area contributed by atoms with Gasteiger partial charge in [-0.15, -0.1) is 11.3 Å². The van der Waals surface area contributed by atoms with Gasteiger partial charge in [-0.25, -0.2) is 0 Å². The maximum atomic E-state index is 11.5. The molecule has 0 bridgehead atoms.